The van der Waals surface area contributed by atoms with Crippen molar-refractivity contribution in [3.8, 4) is 11.5 Å². The van der Waals surface area contributed by atoms with Gasteiger partial charge in [0.05, 0.1) is 19.7 Å². The molecular formula is C23H21N3O2. The number of rotatable bonds is 6. The van der Waals surface area contributed by atoms with Crippen LogP contribution in [0.3, 0.4) is 0 Å². The topological polar surface area (TPSA) is 55.4 Å². The molecule has 4 rings (SSSR count). The Hall–Kier alpha value is -3.73. The second-order valence-electron chi connectivity index (χ2n) is 6.30. The highest BCUT2D eigenvalue weighted by Gasteiger charge is 2.05. The number of nitrogens with one attached hydrogen (secondary N) is 2. The Labute approximate surface area is 164 Å². The third-order valence-electron chi connectivity index (χ3n) is 4.49. The molecule has 1 aromatic heterocycles. The summed E-state index contributed by atoms with van der Waals surface area (Å²) in [6.45, 7) is 0. The van der Waals surface area contributed by atoms with E-state index in [9.17, 15) is 0 Å². The second-order valence-corrected chi connectivity index (χ2v) is 6.30. The Kier molecular flexibility index (Phi) is 4.97. The van der Waals surface area contributed by atoms with Crippen LogP contribution in [0, 0.1) is 0 Å². The highest BCUT2D eigenvalue weighted by molar-refractivity contribution is 5.94. The Morgan fingerprint density at radius 1 is 0.643 bits per heavy atom. The van der Waals surface area contributed by atoms with Gasteiger partial charge in [0.15, 0.2) is 0 Å². The van der Waals surface area contributed by atoms with Gasteiger partial charge in [0.1, 0.15) is 11.5 Å². The number of benzene rings is 3. The highest BCUT2D eigenvalue weighted by Crippen LogP contribution is 2.29. The van der Waals surface area contributed by atoms with E-state index in [0.29, 0.717) is 0 Å². The van der Waals surface area contributed by atoms with Crippen LogP contribution in [0.15, 0.2) is 79.0 Å². The van der Waals surface area contributed by atoms with E-state index in [4.69, 9.17) is 9.47 Å². The molecule has 0 aliphatic rings. The van der Waals surface area contributed by atoms with Crippen molar-refractivity contribution in [2.45, 2.75) is 0 Å². The summed E-state index contributed by atoms with van der Waals surface area (Å²) < 4.78 is 10.4. The first-order chi connectivity index (χ1) is 13.7. The van der Waals surface area contributed by atoms with E-state index in [2.05, 4.69) is 21.7 Å². The van der Waals surface area contributed by atoms with Crippen molar-refractivity contribution in [3.05, 3.63) is 79.0 Å². The van der Waals surface area contributed by atoms with Crippen LogP contribution in [0.5, 0.6) is 11.5 Å². The van der Waals surface area contributed by atoms with Gasteiger partial charge in [0.25, 0.3) is 0 Å². The molecule has 0 saturated heterocycles. The maximum atomic E-state index is 5.21. The highest BCUT2D eigenvalue weighted by atomic mass is 16.5. The van der Waals surface area contributed by atoms with Gasteiger partial charge in [0, 0.05) is 34.3 Å². The zero-order valence-electron chi connectivity index (χ0n) is 15.8. The SMILES string of the molecule is COc1ccc(Nc2ccc3c(Nc4ccc(OC)cc4)ccnc3c2)cc1. The van der Waals surface area contributed by atoms with E-state index < -0.39 is 0 Å². The zero-order chi connectivity index (χ0) is 19.3. The third kappa shape index (κ3) is 3.83. The maximum absolute atomic E-state index is 5.21. The van der Waals surface area contributed by atoms with Gasteiger partial charge in [-0.1, -0.05) is 0 Å². The summed E-state index contributed by atoms with van der Waals surface area (Å²) in [6, 6.07) is 23.8. The summed E-state index contributed by atoms with van der Waals surface area (Å²) >= 11 is 0. The third-order valence-corrected chi connectivity index (χ3v) is 4.49. The number of pyridine rings is 1. The van der Waals surface area contributed by atoms with Crippen molar-refractivity contribution in [1.82, 2.24) is 4.98 Å². The van der Waals surface area contributed by atoms with Crippen molar-refractivity contribution in [1.29, 1.82) is 0 Å². The Balaban J connectivity index is 1.58. The number of nitrogens with zero attached hydrogens (tertiary/aromatic N) is 1. The molecule has 0 radical (unpaired) electrons. The molecule has 0 unspecified atom stereocenters. The van der Waals surface area contributed by atoms with Crippen LogP contribution in [0.25, 0.3) is 10.9 Å². The van der Waals surface area contributed by atoms with Crippen molar-refractivity contribution >= 4 is 33.7 Å². The van der Waals surface area contributed by atoms with E-state index in [-0.39, 0.29) is 0 Å². The average Bonchev–Trinajstić information content (AvgIpc) is 2.75. The standard InChI is InChI=1S/C23H21N3O2/c1-27-19-8-3-16(4-9-19)25-18-7-12-21-22(13-14-24-23(21)15-18)26-17-5-10-20(28-2)11-6-17/h3-15,25H,1-2H3,(H,24,26). The zero-order valence-corrected chi connectivity index (χ0v) is 15.8. The predicted octanol–water partition coefficient (Wildman–Crippen LogP) is 5.74. The summed E-state index contributed by atoms with van der Waals surface area (Å²) in [6.07, 6.45) is 1.81. The van der Waals surface area contributed by atoms with Gasteiger partial charge in [0.2, 0.25) is 0 Å². The van der Waals surface area contributed by atoms with Gasteiger partial charge < -0.3 is 20.1 Å². The molecule has 1 heterocycles. The molecule has 28 heavy (non-hydrogen) atoms. The van der Waals surface area contributed by atoms with Crippen LogP contribution in [0.2, 0.25) is 0 Å². The molecule has 5 nitrogen and oxygen atoms in total. The first kappa shape index (κ1) is 17.7. The number of aromatic nitrogens is 1. The molecule has 0 atom stereocenters. The molecule has 0 aliphatic carbocycles. The molecule has 4 aromatic rings. The summed E-state index contributed by atoms with van der Waals surface area (Å²) in [5.74, 6) is 1.67. The Bertz CT molecular complexity index is 1080. The second kappa shape index (κ2) is 7.88. The number of hydrogen-bond acceptors (Lipinski definition) is 5. The largest absolute Gasteiger partial charge is 0.497 e. The lowest BCUT2D eigenvalue weighted by Gasteiger charge is -2.12. The smallest absolute Gasteiger partial charge is 0.119 e. The minimum atomic E-state index is 0.833. The molecule has 0 bridgehead atoms. The number of hydrogen-bond donors (Lipinski definition) is 2. The van der Waals surface area contributed by atoms with Crippen LogP contribution >= 0.6 is 0 Å². The monoisotopic (exact) mass is 371 g/mol. The van der Waals surface area contributed by atoms with Crippen LogP contribution < -0.4 is 20.1 Å². The molecule has 0 amide bonds. The molecule has 0 spiro atoms. The van der Waals surface area contributed by atoms with Crippen molar-refractivity contribution in [2.75, 3.05) is 24.9 Å². The van der Waals surface area contributed by atoms with E-state index >= 15 is 0 Å². The summed E-state index contributed by atoms with van der Waals surface area (Å²) in [5, 5.41) is 7.90. The lowest BCUT2D eigenvalue weighted by atomic mass is 10.1. The fourth-order valence-corrected chi connectivity index (χ4v) is 3.01. The molecule has 0 aliphatic heterocycles. The van der Waals surface area contributed by atoms with E-state index in [1.54, 1.807) is 14.2 Å². The average molecular weight is 371 g/mol. The first-order valence-electron chi connectivity index (χ1n) is 8.96. The number of methoxy groups -OCH3 is 2. The number of anilines is 4. The molecule has 5 heteroatoms. The van der Waals surface area contributed by atoms with Gasteiger partial charge in [-0.2, -0.15) is 0 Å². The van der Waals surface area contributed by atoms with Crippen LogP contribution in [0.4, 0.5) is 22.7 Å². The normalized spacial score (nSPS) is 10.5. The van der Waals surface area contributed by atoms with E-state index in [0.717, 1.165) is 45.2 Å². The van der Waals surface area contributed by atoms with Gasteiger partial charge >= 0.3 is 0 Å². The minimum Gasteiger partial charge on any atom is -0.497 e. The van der Waals surface area contributed by atoms with E-state index in [1.807, 2.05) is 72.9 Å². The van der Waals surface area contributed by atoms with Gasteiger partial charge in [-0.15, -0.1) is 0 Å². The molecular weight excluding hydrogens is 350 g/mol. The number of ether oxygens (including phenoxy) is 2. The van der Waals surface area contributed by atoms with Crippen molar-refractivity contribution < 1.29 is 9.47 Å². The van der Waals surface area contributed by atoms with Crippen molar-refractivity contribution in [2.24, 2.45) is 0 Å². The Morgan fingerprint density at radius 3 is 1.82 bits per heavy atom. The van der Waals surface area contributed by atoms with Gasteiger partial charge in [-0.05, 0) is 72.8 Å². The molecule has 140 valence electrons. The fourth-order valence-electron chi connectivity index (χ4n) is 3.01. The summed E-state index contributed by atoms with van der Waals surface area (Å²) in [4.78, 5) is 4.52. The number of fused-ring (bicyclic) bond motifs is 1. The van der Waals surface area contributed by atoms with Crippen LogP contribution in [-0.4, -0.2) is 19.2 Å². The lowest BCUT2D eigenvalue weighted by Crippen LogP contribution is -1.95. The molecule has 3 aromatic carbocycles. The first-order valence-corrected chi connectivity index (χ1v) is 8.96. The molecule has 0 fully saturated rings. The fraction of sp³-hybridized carbons (Fsp3) is 0.0870. The van der Waals surface area contributed by atoms with Crippen LogP contribution in [0.1, 0.15) is 0 Å². The molecule has 0 saturated carbocycles. The van der Waals surface area contributed by atoms with Crippen LogP contribution in [-0.2, 0) is 0 Å². The lowest BCUT2D eigenvalue weighted by molar-refractivity contribution is 0.415. The molecule has 2 N–H and O–H groups in total. The minimum absolute atomic E-state index is 0.833. The summed E-state index contributed by atoms with van der Waals surface area (Å²) in [5.41, 5.74) is 4.89. The predicted molar refractivity (Wildman–Crippen MR) is 114 cm³/mol. The maximum Gasteiger partial charge on any atom is 0.119 e. The summed E-state index contributed by atoms with van der Waals surface area (Å²) in [7, 11) is 3.32. The van der Waals surface area contributed by atoms with Gasteiger partial charge in [-0.25, -0.2) is 0 Å². The Morgan fingerprint density at radius 2 is 1.21 bits per heavy atom. The van der Waals surface area contributed by atoms with Crippen molar-refractivity contribution in [3.63, 3.8) is 0 Å². The quantitative estimate of drug-likeness (QED) is 0.453. The van der Waals surface area contributed by atoms with E-state index in [1.165, 1.54) is 0 Å². The van der Waals surface area contributed by atoms with Gasteiger partial charge in [-0.3, -0.25) is 4.98 Å².